The highest BCUT2D eigenvalue weighted by atomic mass is 32.1. The summed E-state index contributed by atoms with van der Waals surface area (Å²) >= 11 is 1.41. The Morgan fingerprint density at radius 1 is 1.19 bits per heavy atom. The summed E-state index contributed by atoms with van der Waals surface area (Å²) < 4.78 is 10.3. The van der Waals surface area contributed by atoms with E-state index in [9.17, 15) is 10.1 Å². The van der Waals surface area contributed by atoms with Gasteiger partial charge in [-0.3, -0.25) is 0 Å². The van der Waals surface area contributed by atoms with Crippen molar-refractivity contribution in [1.82, 2.24) is 4.98 Å². The van der Waals surface area contributed by atoms with E-state index in [1.807, 2.05) is 41.8 Å². The second-order valence-electron chi connectivity index (χ2n) is 5.51. The third-order valence-corrected chi connectivity index (χ3v) is 4.54. The second-order valence-corrected chi connectivity index (χ2v) is 6.45. The molecule has 134 valence electrons. The molecule has 3 rings (SSSR count). The molecule has 27 heavy (non-hydrogen) atoms. The lowest BCUT2D eigenvalue weighted by Crippen LogP contribution is -2.06. The third-order valence-electron chi connectivity index (χ3n) is 3.72. The van der Waals surface area contributed by atoms with Crippen LogP contribution in [0.1, 0.15) is 10.6 Å². The molecule has 0 aliphatic carbocycles. The highest BCUT2D eigenvalue weighted by molar-refractivity contribution is 7.09. The lowest BCUT2D eigenvalue weighted by atomic mass is 10.1. The molecule has 0 radical (unpaired) electrons. The van der Waals surface area contributed by atoms with E-state index < -0.39 is 5.97 Å². The minimum absolute atomic E-state index is 0.0258. The first kappa shape index (κ1) is 18.4. The number of nitriles is 1. The number of hydrogen-bond acceptors (Lipinski definition) is 6. The summed E-state index contributed by atoms with van der Waals surface area (Å²) in [6.07, 6.45) is 1.49. The number of ether oxygens (including phenoxy) is 2. The zero-order valence-corrected chi connectivity index (χ0v) is 15.4. The Hall–Kier alpha value is -3.43. The van der Waals surface area contributed by atoms with Crippen LogP contribution in [0.15, 0.2) is 65.6 Å². The van der Waals surface area contributed by atoms with Gasteiger partial charge in [0.1, 0.15) is 29.0 Å². The number of carbonyl (C=O) groups is 1. The van der Waals surface area contributed by atoms with Crippen molar-refractivity contribution in [3.05, 3.63) is 76.1 Å². The number of methoxy groups -OCH3 is 1. The van der Waals surface area contributed by atoms with Crippen LogP contribution < -0.4 is 4.74 Å². The molecular formula is C21H16N2O3S. The van der Waals surface area contributed by atoms with Gasteiger partial charge in [0.2, 0.25) is 0 Å². The van der Waals surface area contributed by atoms with Crippen molar-refractivity contribution < 1.29 is 14.3 Å². The van der Waals surface area contributed by atoms with E-state index in [2.05, 4.69) is 4.98 Å². The summed E-state index contributed by atoms with van der Waals surface area (Å²) in [5.74, 6) is 0.0241. The standard InChI is InChI=1S/C21H16N2O3S/c1-25-18-9-7-15(8-10-18)11-17(12-22)21(24)26-13-20-23-19(14-27-20)16-5-3-2-4-6-16/h2-11,14H,13H2,1H3. The Kier molecular flexibility index (Phi) is 5.98. The molecule has 3 aromatic rings. The van der Waals surface area contributed by atoms with Crippen molar-refractivity contribution in [2.75, 3.05) is 7.11 Å². The molecule has 1 heterocycles. The van der Waals surface area contributed by atoms with E-state index in [0.717, 1.165) is 11.3 Å². The van der Waals surface area contributed by atoms with Gasteiger partial charge in [-0.15, -0.1) is 11.3 Å². The SMILES string of the molecule is COc1ccc(C=C(C#N)C(=O)OCc2nc(-c3ccccc3)cs2)cc1. The molecule has 0 atom stereocenters. The monoisotopic (exact) mass is 376 g/mol. The lowest BCUT2D eigenvalue weighted by molar-refractivity contribution is -0.139. The maximum atomic E-state index is 12.2. The van der Waals surface area contributed by atoms with E-state index in [1.54, 1.807) is 31.4 Å². The topological polar surface area (TPSA) is 72.2 Å². The Bertz CT molecular complexity index is 986. The van der Waals surface area contributed by atoms with Crippen molar-refractivity contribution in [2.24, 2.45) is 0 Å². The van der Waals surface area contributed by atoms with Crippen molar-refractivity contribution >= 4 is 23.4 Å². The number of benzene rings is 2. The Labute approximate surface area is 161 Å². The molecule has 0 saturated heterocycles. The normalized spacial score (nSPS) is 10.9. The van der Waals surface area contributed by atoms with Crippen molar-refractivity contribution in [3.8, 4) is 23.1 Å². The molecular weight excluding hydrogens is 360 g/mol. The maximum Gasteiger partial charge on any atom is 0.349 e. The van der Waals surface area contributed by atoms with Gasteiger partial charge in [-0.2, -0.15) is 5.26 Å². The number of carbonyl (C=O) groups excluding carboxylic acids is 1. The van der Waals surface area contributed by atoms with Crippen molar-refractivity contribution in [1.29, 1.82) is 5.26 Å². The first-order valence-corrected chi connectivity index (χ1v) is 9.00. The summed E-state index contributed by atoms with van der Waals surface area (Å²) in [5, 5.41) is 11.8. The zero-order valence-electron chi connectivity index (χ0n) is 14.6. The average Bonchev–Trinajstić information content (AvgIpc) is 3.20. The predicted octanol–water partition coefficient (Wildman–Crippen LogP) is 4.47. The van der Waals surface area contributed by atoms with E-state index >= 15 is 0 Å². The molecule has 5 nitrogen and oxygen atoms in total. The van der Waals surface area contributed by atoms with Gasteiger partial charge < -0.3 is 9.47 Å². The largest absolute Gasteiger partial charge is 0.497 e. The Balaban J connectivity index is 1.64. The van der Waals surface area contributed by atoms with Crippen LogP contribution in [-0.4, -0.2) is 18.1 Å². The van der Waals surface area contributed by atoms with E-state index in [-0.39, 0.29) is 12.2 Å². The number of thiazole rings is 1. The molecule has 1 aromatic heterocycles. The number of hydrogen-bond donors (Lipinski definition) is 0. The van der Waals surface area contributed by atoms with E-state index in [4.69, 9.17) is 9.47 Å². The molecule has 0 aliphatic rings. The molecule has 6 heteroatoms. The molecule has 0 saturated carbocycles. The first-order valence-electron chi connectivity index (χ1n) is 8.12. The van der Waals surface area contributed by atoms with E-state index in [0.29, 0.717) is 16.3 Å². The van der Waals surface area contributed by atoms with Gasteiger partial charge in [-0.25, -0.2) is 9.78 Å². The second kappa shape index (κ2) is 8.79. The average molecular weight is 376 g/mol. The summed E-state index contributed by atoms with van der Waals surface area (Å²) in [6.45, 7) is 0.0258. The molecule has 0 amide bonds. The number of aromatic nitrogens is 1. The summed E-state index contributed by atoms with van der Waals surface area (Å²) in [6, 6.07) is 18.7. The minimum Gasteiger partial charge on any atom is -0.497 e. The highest BCUT2D eigenvalue weighted by Crippen LogP contribution is 2.22. The Morgan fingerprint density at radius 2 is 1.93 bits per heavy atom. The third kappa shape index (κ3) is 4.81. The molecule has 0 spiro atoms. The predicted molar refractivity (Wildman–Crippen MR) is 104 cm³/mol. The lowest BCUT2D eigenvalue weighted by Gasteiger charge is -2.02. The molecule has 0 N–H and O–H groups in total. The molecule has 2 aromatic carbocycles. The first-order chi connectivity index (χ1) is 13.2. The van der Waals surface area contributed by atoms with Crippen LogP contribution in [0.2, 0.25) is 0 Å². The van der Waals surface area contributed by atoms with Crippen molar-refractivity contribution in [2.45, 2.75) is 6.61 Å². The van der Waals surface area contributed by atoms with Crippen LogP contribution in [0.5, 0.6) is 5.75 Å². The molecule has 0 fully saturated rings. The fourth-order valence-corrected chi connectivity index (χ4v) is 3.04. The summed E-state index contributed by atoms with van der Waals surface area (Å²) in [4.78, 5) is 16.7. The van der Waals surface area contributed by atoms with Gasteiger partial charge >= 0.3 is 5.97 Å². The zero-order chi connectivity index (χ0) is 19.1. The van der Waals surface area contributed by atoms with Crippen LogP contribution in [0.3, 0.4) is 0 Å². The quantitative estimate of drug-likeness (QED) is 0.361. The molecule has 0 aliphatic heterocycles. The van der Waals surface area contributed by atoms with Gasteiger partial charge in [0.25, 0.3) is 0 Å². The highest BCUT2D eigenvalue weighted by Gasteiger charge is 2.13. The van der Waals surface area contributed by atoms with Gasteiger partial charge in [0.05, 0.1) is 12.8 Å². The van der Waals surface area contributed by atoms with Crippen LogP contribution in [-0.2, 0) is 16.1 Å². The maximum absolute atomic E-state index is 12.2. The molecule has 0 unspecified atom stereocenters. The van der Waals surface area contributed by atoms with Crippen LogP contribution in [0, 0.1) is 11.3 Å². The van der Waals surface area contributed by atoms with Gasteiger partial charge in [0, 0.05) is 10.9 Å². The van der Waals surface area contributed by atoms with Crippen LogP contribution >= 0.6 is 11.3 Å². The van der Waals surface area contributed by atoms with Crippen LogP contribution in [0.4, 0.5) is 0 Å². The summed E-state index contributed by atoms with van der Waals surface area (Å²) in [5.41, 5.74) is 2.48. The number of nitrogens with zero attached hydrogens (tertiary/aromatic N) is 2. The number of esters is 1. The Morgan fingerprint density at radius 3 is 2.59 bits per heavy atom. The van der Waals surface area contributed by atoms with Gasteiger partial charge in [-0.1, -0.05) is 42.5 Å². The fourth-order valence-electron chi connectivity index (χ4n) is 2.33. The smallest absolute Gasteiger partial charge is 0.349 e. The fraction of sp³-hybridized carbons (Fsp3) is 0.0952. The van der Waals surface area contributed by atoms with Gasteiger partial charge in [0.15, 0.2) is 0 Å². The molecule has 0 bridgehead atoms. The van der Waals surface area contributed by atoms with Gasteiger partial charge in [-0.05, 0) is 23.8 Å². The summed E-state index contributed by atoms with van der Waals surface area (Å²) in [7, 11) is 1.57. The van der Waals surface area contributed by atoms with Crippen molar-refractivity contribution in [3.63, 3.8) is 0 Å². The number of rotatable bonds is 6. The minimum atomic E-state index is -0.676. The van der Waals surface area contributed by atoms with E-state index in [1.165, 1.54) is 17.4 Å². The van der Waals surface area contributed by atoms with Crippen LogP contribution in [0.25, 0.3) is 17.3 Å².